The van der Waals surface area contributed by atoms with Gasteiger partial charge in [0, 0.05) is 12.7 Å². The van der Waals surface area contributed by atoms with Gasteiger partial charge in [0.1, 0.15) is 0 Å². The zero-order chi connectivity index (χ0) is 8.69. The average Bonchev–Trinajstić information content (AvgIpc) is 2.10. The molecule has 0 aromatic carbocycles. The first-order chi connectivity index (χ1) is 5.33. The van der Waals surface area contributed by atoms with E-state index in [1.807, 2.05) is 46.1 Å². The molecule has 0 aliphatic heterocycles. The number of anilines is 1. The number of nitrogens with one attached hydrogen (secondary N) is 1. The summed E-state index contributed by atoms with van der Waals surface area (Å²) in [6, 6.07) is 3.98. The third-order valence-electron chi connectivity index (χ3n) is 1.20. The van der Waals surface area contributed by atoms with Gasteiger partial charge in [-0.05, 0) is 19.1 Å². The molecule has 1 heterocycles. The van der Waals surface area contributed by atoms with Gasteiger partial charge in [-0.25, -0.2) is 0 Å². The van der Waals surface area contributed by atoms with E-state index in [0.717, 1.165) is 11.4 Å². The van der Waals surface area contributed by atoms with Crippen LogP contribution in [0, 0.1) is 6.92 Å². The fraction of sp³-hybridized carbons (Fsp3) is 0.444. The Kier molecular flexibility index (Phi) is 5.17. The molecule has 2 heteroatoms. The summed E-state index contributed by atoms with van der Waals surface area (Å²) in [6.45, 7) is 5.97. The molecule has 1 aromatic rings. The highest BCUT2D eigenvalue weighted by Gasteiger charge is 1.85. The Morgan fingerprint density at radius 3 is 2.27 bits per heavy atom. The lowest BCUT2D eigenvalue weighted by atomic mass is 10.3. The summed E-state index contributed by atoms with van der Waals surface area (Å²) in [5, 5.41) is 2.99. The molecule has 0 bridgehead atoms. The minimum Gasteiger partial charge on any atom is -0.387 e. The first kappa shape index (κ1) is 9.95. The number of hydrogen-bond donors (Lipinski definition) is 1. The lowest BCUT2D eigenvalue weighted by Crippen LogP contribution is -1.88. The van der Waals surface area contributed by atoms with E-state index in [2.05, 4.69) is 10.3 Å². The van der Waals surface area contributed by atoms with Gasteiger partial charge < -0.3 is 5.32 Å². The van der Waals surface area contributed by atoms with Gasteiger partial charge in [-0.2, -0.15) is 0 Å². The van der Waals surface area contributed by atoms with Gasteiger partial charge >= 0.3 is 0 Å². The summed E-state index contributed by atoms with van der Waals surface area (Å²) in [4.78, 5) is 4.09. The van der Waals surface area contributed by atoms with E-state index in [1.54, 1.807) is 0 Å². The molecular formula is C9H16N2. The second-order valence-electron chi connectivity index (χ2n) is 1.94. The quantitative estimate of drug-likeness (QED) is 0.668. The number of rotatable bonds is 1. The fourth-order valence-corrected chi connectivity index (χ4v) is 0.616. The molecule has 0 spiro atoms. The zero-order valence-corrected chi connectivity index (χ0v) is 7.68. The van der Waals surface area contributed by atoms with E-state index in [1.165, 1.54) is 0 Å². The molecule has 1 aromatic heterocycles. The van der Waals surface area contributed by atoms with Crippen LogP contribution in [0.25, 0.3) is 0 Å². The summed E-state index contributed by atoms with van der Waals surface area (Å²) >= 11 is 0. The summed E-state index contributed by atoms with van der Waals surface area (Å²) in [5.74, 6) is 0. The maximum absolute atomic E-state index is 4.09. The molecule has 0 aliphatic carbocycles. The molecule has 0 atom stereocenters. The smallest absolute Gasteiger partial charge is 0.0524 e. The van der Waals surface area contributed by atoms with E-state index in [-0.39, 0.29) is 0 Å². The standard InChI is InChI=1S/C7H10N2.C2H6/c1-6-3-4-7(8-2)5-9-6;1-2/h3-5,8H,1-2H3;1-2H3. The van der Waals surface area contributed by atoms with Crippen LogP contribution in [0.15, 0.2) is 18.3 Å². The van der Waals surface area contributed by atoms with Crippen LogP contribution in [0.4, 0.5) is 5.69 Å². The minimum absolute atomic E-state index is 1.05. The van der Waals surface area contributed by atoms with E-state index in [0.29, 0.717) is 0 Å². The Morgan fingerprint density at radius 1 is 1.27 bits per heavy atom. The molecular weight excluding hydrogens is 136 g/mol. The maximum Gasteiger partial charge on any atom is 0.0524 e. The second kappa shape index (κ2) is 5.71. The van der Waals surface area contributed by atoms with Gasteiger partial charge in [0.15, 0.2) is 0 Å². The van der Waals surface area contributed by atoms with Crippen molar-refractivity contribution in [1.29, 1.82) is 0 Å². The average molecular weight is 152 g/mol. The normalized spacial score (nSPS) is 8.00. The van der Waals surface area contributed by atoms with E-state index in [4.69, 9.17) is 0 Å². The molecule has 11 heavy (non-hydrogen) atoms. The first-order valence-electron chi connectivity index (χ1n) is 3.93. The highest BCUT2D eigenvalue weighted by Crippen LogP contribution is 2.02. The molecule has 0 fully saturated rings. The molecule has 2 nitrogen and oxygen atoms in total. The van der Waals surface area contributed by atoms with Crippen molar-refractivity contribution in [3.63, 3.8) is 0 Å². The lowest BCUT2D eigenvalue weighted by Gasteiger charge is -1.96. The van der Waals surface area contributed by atoms with E-state index >= 15 is 0 Å². The molecule has 0 saturated carbocycles. The molecule has 0 unspecified atom stereocenters. The number of nitrogens with zero attached hydrogens (tertiary/aromatic N) is 1. The number of hydrogen-bond acceptors (Lipinski definition) is 2. The SMILES string of the molecule is CC.CNc1ccc(C)nc1. The van der Waals surface area contributed by atoms with Crippen LogP contribution in [0.2, 0.25) is 0 Å². The third kappa shape index (κ3) is 3.61. The Bertz CT molecular complexity index is 179. The zero-order valence-electron chi connectivity index (χ0n) is 7.68. The monoisotopic (exact) mass is 152 g/mol. The van der Waals surface area contributed by atoms with E-state index < -0.39 is 0 Å². The Morgan fingerprint density at radius 2 is 1.91 bits per heavy atom. The van der Waals surface area contributed by atoms with Crippen molar-refractivity contribution in [3.8, 4) is 0 Å². The Balaban J connectivity index is 0.000000461. The number of aromatic nitrogens is 1. The van der Waals surface area contributed by atoms with Gasteiger partial charge in [0.05, 0.1) is 11.9 Å². The van der Waals surface area contributed by atoms with Crippen LogP contribution in [0.5, 0.6) is 0 Å². The highest BCUT2D eigenvalue weighted by molar-refractivity contribution is 5.39. The van der Waals surface area contributed by atoms with Crippen molar-refractivity contribution in [2.45, 2.75) is 20.8 Å². The van der Waals surface area contributed by atoms with Crippen LogP contribution < -0.4 is 5.32 Å². The topological polar surface area (TPSA) is 24.9 Å². The molecule has 0 amide bonds. The van der Waals surface area contributed by atoms with Crippen LogP contribution in [-0.4, -0.2) is 12.0 Å². The van der Waals surface area contributed by atoms with Crippen LogP contribution in [-0.2, 0) is 0 Å². The van der Waals surface area contributed by atoms with Gasteiger partial charge in [-0.15, -0.1) is 0 Å². The van der Waals surface area contributed by atoms with Crippen LogP contribution >= 0.6 is 0 Å². The van der Waals surface area contributed by atoms with Crippen LogP contribution in [0.3, 0.4) is 0 Å². The largest absolute Gasteiger partial charge is 0.387 e. The molecule has 0 aliphatic rings. The third-order valence-corrected chi connectivity index (χ3v) is 1.20. The second-order valence-corrected chi connectivity index (χ2v) is 1.94. The predicted octanol–water partition coefficient (Wildman–Crippen LogP) is 2.46. The molecule has 0 saturated heterocycles. The number of pyridine rings is 1. The van der Waals surface area contributed by atoms with Crippen LogP contribution in [0.1, 0.15) is 19.5 Å². The number of aryl methyl sites for hydroxylation is 1. The van der Waals surface area contributed by atoms with Crippen molar-refractivity contribution in [1.82, 2.24) is 4.98 Å². The van der Waals surface area contributed by atoms with Crippen molar-refractivity contribution in [2.24, 2.45) is 0 Å². The first-order valence-corrected chi connectivity index (χ1v) is 3.93. The minimum atomic E-state index is 1.05. The summed E-state index contributed by atoms with van der Waals surface area (Å²) < 4.78 is 0. The van der Waals surface area contributed by atoms with Gasteiger partial charge in [-0.3, -0.25) is 4.98 Å². The molecule has 1 rings (SSSR count). The summed E-state index contributed by atoms with van der Waals surface area (Å²) in [5.41, 5.74) is 2.11. The molecule has 62 valence electrons. The maximum atomic E-state index is 4.09. The van der Waals surface area contributed by atoms with Gasteiger partial charge in [0.25, 0.3) is 0 Å². The summed E-state index contributed by atoms with van der Waals surface area (Å²) in [6.07, 6.45) is 1.81. The van der Waals surface area contributed by atoms with Gasteiger partial charge in [-0.1, -0.05) is 13.8 Å². The van der Waals surface area contributed by atoms with Crippen molar-refractivity contribution in [3.05, 3.63) is 24.0 Å². The molecule has 1 N–H and O–H groups in total. The fourth-order valence-electron chi connectivity index (χ4n) is 0.616. The van der Waals surface area contributed by atoms with Crippen molar-refractivity contribution in [2.75, 3.05) is 12.4 Å². The summed E-state index contributed by atoms with van der Waals surface area (Å²) in [7, 11) is 1.88. The predicted molar refractivity (Wildman–Crippen MR) is 49.9 cm³/mol. The molecule has 0 radical (unpaired) electrons. The van der Waals surface area contributed by atoms with Gasteiger partial charge in [0.2, 0.25) is 0 Å². The van der Waals surface area contributed by atoms with E-state index in [9.17, 15) is 0 Å². The van der Waals surface area contributed by atoms with Crippen molar-refractivity contribution < 1.29 is 0 Å². The highest BCUT2D eigenvalue weighted by atomic mass is 14.8. The van der Waals surface area contributed by atoms with Crippen molar-refractivity contribution >= 4 is 5.69 Å². The lowest BCUT2D eigenvalue weighted by molar-refractivity contribution is 1.20. The Hall–Kier alpha value is -1.05. The Labute approximate surface area is 68.7 Å².